The molecule has 6 nitrogen and oxygen atoms in total. The van der Waals surface area contributed by atoms with Crippen molar-refractivity contribution in [2.45, 2.75) is 31.1 Å². The van der Waals surface area contributed by atoms with Crippen molar-refractivity contribution < 1.29 is 14.5 Å². The van der Waals surface area contributed by atoms with E-state index in [-0.39, 0.29) is 22.4 Å². The Morgan fingerprint density at radius 2 is 1.67 bits per heavy atom. The van der Waals surface area contributed by atoms with E-state index in [4.69, 9.17) is 0 Å². The predicted molar refractivity (Wildman–Crippen MR) is 104 cm³/mol. The number of rotatable bonds is 8. The molecule has 0 saturated carbocycles. The monoisotopic (exact) mass is 384 g/mol. The van der Waals surface area contributed by atoms with Gasteiger partial charge in [-0.1, -0.05) is 18.6 Å². The molecule has 0 unspecified atom stereocenters. The third-order valence-electron chi connectivity index (χ3n) is 4.54. The average molecular weight is 384 g/mol. The number of nitro groups is 1. The van der Waals surface area contributed by atoms with E-state index in [0.717, 1.165) is 29.9 Å². The molecule has 3 rings (SSSR count). The zero-order chi connectivity index (χ0) is 19.4. The van der Waals surface area contributed by atoms with E-state index in [1.165, 1.54) is 4.90 Å². The number of aryl methyl sites for hydroxylation is 1. The number of carbonyl (C=O) groups is 2. The molecule has 0 N–H and O–H groups in total. The largest absolute Gasteiger partial charge is 0.274 e. The van der Waals surface area contributed by atoms with Gasteiger partial charge in [-0.15, -0.1) is 11.8 Å². The van der Waals surface area contributed by atoms with Gasteiger partial charge in [0, 0.05) is 23.1 Å². The van der Waals surface area contributed by atoms with Gasteiger partial charge in [-0.2, -0.15) is 0 Å². The summed E-state index contributed by atoms with van der Waals surface area (Å²) in [5, 5.41) is 10.8. The summed E-state index contributed by atoms with van der Waals surface area (Å²) in [4.78, 5) is 37.4. The molecule has 1 aliphatic rings. The first-order chi connectivity index (χ1) is 13.0. The van der Waals surface area contributed by atoms with Crippen molar-refractivity contribution in [2.75, 3.05) is 12.3 Å². The lowest BCUT2D eigenvalue weighted by Crippen LogP contribution is -2.30. The third kappa shape index (κ3) is 4.19. The van der Waals surface area contributed by atoms with E-state index in [2.05, 4.69) is 0 Å². The summed E-state index contributed by atoms with van der Waals surface area (Å²) in [5.74, 6) is 0.483. The molecule has 2 aromatic carbocycles. The first-order valence-corrected chi connectivity index (χ1v) is 9.80. The molecule has 1 heterocycles. The summed E-state index contributed by atoms with van der Waals surface area (Å²) in [5.41, 5.74) is 1.79. The number of nitrogens with zero attached hydrogens (tertiary/aromatic N) is 2. The highest BCUT2D eigenvalue weighted by atomic mass is 32.2. The van der Waals surface area contributed by atoms with Crippen LogP contribution in [0.3, 0.4) is 0 Å². The molecule has 2 aromatic rings. The maximum absolute atomic E-state index is 12.3. The van der Waals surface area contributed by atoms with Crippen molar-refractivity contribution in [3.63, 3.8) is 0 Å². The number of fused-ring (bicyclic) bond motifs is 1. The molecule has 140 valence electrons. The SMILES string of the molecule is Cc1cc(SCCCCCN2C(=O)c3ccccc3C2=O)ccc1[N+](=O)[O-]. The maximum atomic E-state index is 12.3. The molecule has 2 amide bonds. The summed E-state index contributed by atoms with van der Waals surface area (Å²) in [6.07, 6.45) is 2.63. The lowest BCUT2D eigenvalue weighted by atomic mass is 10.1. The molecule has 0 aliphatic carbocycles. The summed E-state index contributed by atoms with van der Waals surface area (Å²) in [6, 6.07) is 12.1. The van der Waals surface area contributed by atoms with E-state index >= 15 is 0 Å². The second kappa shape index (κ2) is 8.35. The van der Waals surface area contributed by atoms with Gasteiger partial charge in [-0.05, 0) is 49.8 Å². The van der Waals surface area contributed by atoms with Crippen LogP contribution in [-0.2, 0) is 0 Å². The van der Waals surface area contributed by atoms with Crippen molar-refractivity contribution in [3.05, 3.63) is 69.3 Å². The second-order valence-corrected chi connectivity index (χ2v) is 7.59. The van der Waals surface area contributed by atoms with Gasteiger partial charge in [-0.25, -0.2) is 0 Å². The number of benzene rings is 2. The average Bonchev–Trinajstić information content (AvgIpc) is 2.89. The van der Waals surface area contributed by atoms with Crippen molar-refractivity contribution in [1.29, 1.82) is 0 Å². The molecular formula is C20H20N2O4S. The molecular weight excluding hydrogens is 364 g/mol. The Kier molecular flexibility index (Phi) is 5.91. The Morgan fingerprint density at radius 1 is 1.00 bits per heavy atom. The fraction of sp³-hybridized carbons (Fsp3) is 0.300. The van der Waals surface area contributed by atoms with Crippen LogP contribution in [0.15, 0.2) is 47.4 Å². The smallest absolute Gasteiger partial charge is 0.272 e. The quantitative estimate of drug-likeness (QED) is 0.221. The number of carbonyl (C=O) groups excluding carboxylic acids is 2. The van der Waals surface area contributed by atoms with Crippen LogP contribution in [0.2, 0.25) is 0 Å². The summed E-state index contributed by atoms with van der Waals surface area (Å²) in [6.45, 7) is 2.18. The molecule has 1 aliphatic heterocycles. The van der Waals surface area contributed by atoms with Crippen LogP contribution in [0.25, 0.3) is 0 Å². The van der Waals surface area contributed by atoms with Crippen molar-refractivity contribution in [1.82, 2.24) is 4.90 Å². The van der Waals surface area contributed by atoms with E-state index in [1.807, 2.05) is 6.07 Å². The zero-order valence-electron chi connectivity index (χ0n) is 15.0. The highest BCUT2D eigenvalue weighted by Crippen LogP contribution is 2.26. The van der Waals surface area contributed by atoms with E-state index in [9.17, 15) is 19.7 Å². The van der Waals surface area contributed by atoms with Crippen LogP contribution in [0.4, 0.5) is 5.69 Å². The van der Waals surface area contributed by atoms with Gasteiger partial charge in [-0.3, -0.25) is 24.6 Å². The summed E-state index contributed by atoms with van der Waals surface area (Å²) < 4.78 is 0. The Morgan fingerprint density at radius 3 is 2.26 bits per heavy atom. The number of amides is 2. The van der Waals surface area contributed by atoms with Gasteiger partial charge in [0.1, 0.15) is 0 Å². The fourth-order valence-corrected chi connectivity index (χ4v) is 4.11. The van der Waals surface area contributed by atoms with Crippen LogP contribution in [-0.4, -0.2) is 33.9 Å². The molecule has 0 fully saturated rings. The first-order valence-electron chi connectivity index (χ1n) is 8.82. The van der Waals surface area contributed by atoms with Gasteiger partial charge in [0.05, 0.1) is 16.1 Å². The van der Waals surface area contributed by atoms with Crippen LogP contribution in [0.1, 0.15) is 45.5 Å². The molecule has 0 saturated heterocycles. The minimum Gasteiger partial charge on any atom is -0.274 e. The third-order valence-corrected chi connectivity index (χ3v) is 5.62. The number of hydrogen-bond acceptors (Lipinski definition) is 5. The first kappa shape index (κ1) is 19.1. The Hall–Kier alpha value is -2.67. The molecule has 0 atom stereocenters. The van der Waals surface area contributed by atoms with Crippen LogP contribution >= 0.6 is 11.8 Å². The van der Waals surface area contributed by atoms with Gasteiger partial charge in [0.2, 0.25) is 0 Å². The normalized spacial score (nSPS) is 13.1. The standard InChI is InChI=1S/C20H20N2O4S/c1-14-13-15(9-10-18(14)22(25)26)27-12-6-2-5-11-21-19(23)16-7-3-4-8-17(16)20(21)24/h3-4,7-10,13H,2,5-6,11-12H2,1H3. The number of nitro benzene ring substituents is 1. The van der Waals surface area contributed by atoms with Gasteiger partial charge < -0.3 is 0 Å². The lowest BCUT2D eigenvalue weighted by molar-refractivity contribution is -0.385. The number of imide groups is 1. The maximum Gasteiger partial charge on any atom is 0.272 e. The van der Waals surface area contributed by atoms with Crippen LogP contribution in [0, 0.1) is 17.0 Å². The van der Waals surface area contributed by atoms with Crippen molar-refractivity contribution in [2.24, 2.45) is 0 Å². The number of thioether (sulfide) groups is 1. The molecule has 0 bridgehead atoms. The topological polar surface area (TPSA) is 80.5 Å². The predicted octanol–water partition coefficient (Wildman–Crippen LogP) is 4.46. The summed E-state index contributed by atoms with van der Waals surface area (Å²) in [7, 11) is 0. The molecule has 0 aromatic heterocycles. The van der Waals surface area contributed by atoms with E-state index < -0.39 is 0 Å². The highest BCUT2D eigenvalue weighted by molar-refractivity contribution is 7.99. The highest BCUT2D eigenvalue weighted by Gasteiger charge is 2.34. The van der Waals surface area contributed by atoms with Crippen LogP contribution < -0.4 is 0 Å². The lowest BCUT2D eigenvalue weighted by Gasteiger charge is -2.13. The molecule has 7 heteroatoms. The minimum atomic E-state index is -0.372. The Labute approximate surface area is 161 Å². The fourth-order valence-electron chi connectivity index (χ4n) is 3.10. The van der Waals surface area contributed by atoms with E-state index in [0.29, 0.717) is 23.2 Å². The Balaban J connectivity index is 1.40. The van der Waals surface area contributed by atoms with Gasteiger partial charge in [0.15, 0.2) is 0 Å². The number of unbranched alkanes of at least 4 members (excludes halogenated alkanes) is 2. The minimum absolute atomic E-state index is 0.139. The molecule has 27 heavy (non-hydrogen) atoms. The number of hydrogen-bond donors (Lipinski definition) is 0. The van der Waals surface area contributed by atoms with Gasteiger partial charge >= 0.3 is 0 Å². The molecule has 0 radical (unpaired) electrons. The Bertz CT molecular complexity index is 862. The van der Waals surface area contributed by atoms with Crippen molar-refractivity contribution in [3.8, 4) is 0 Å². The van der Waals surface area contributed by atoms with Crippen molar-refractivity contribution >= 4 is 29.3 Å². The zero-order valence-corrected chi connectivity index (χ0v) is 15.8. The summed E-state index contributed by atoms with van der Waals surface area (Å²) >= 11 is 1.66. The van der Waals surface area contributed by atoms with Gasteiger partial charge in [0.25, 0.3) is 17.5 Å². The van der Waals surface area contributed by atoms with Crippen LogP contribution in [0.5, 0.6) is 0 Å². The molecule has 0 spiro atoms. The second-order valence-electron chi connectivity index (χ2n) is 6.42. The van der Waals surface area contributed by atoms with E-state index in [1.54, 1.807) is 55.1 Å².